The molecule has 6 heteroatoms. The Balaban J connectivity index is 1.91. The van der Waals surface area contributed by atoms with E-state index in [-0.39, 0.29) is 12.6 Å². The SMILES string of the molecule is Cc1cccc(NC(=O)NCC(C)(O)c2cnn(C)c2)c1. The van der Waals surface area contributed by atoms with Crippen molar-refractivity contribution in [3.05, 3.63) is 47.8 Å². The first-order valence-corrected chi connectivity index (χ1v) is 6.70. The van der Waals surface area contributed by atoms with Crippen LogP contribution in [0.2, 0.25) is 0 Å². The molecule has 2 rings (SSSR count). The van der Waals surface area contributed by atoms with Crippen molar-refractivity contribution in [2.24, 2.45) is 7.05 Å². The van der Waals surface area contributed by atoms with Gasteiger partial charge in [-0.25, -0.2) is 4.79 Å². The van der Waals surface area contributed by atoms with E-state index in [0.717, 1.165) is 5.56 Å². The van der Waals surface area contributed by atoms with Crippen molar-refractivity contribution >= 4 is 11.7 Å². The fourth-order valence-electron chi connectivity index (χ4n) is 1.95. The highest BCUT2D eigenvalue weighted by atomic mass is 16.3. The Labute approximate surface area is 123 Å². The van der Waals surface area contributed by atoms with Crippen molar-refractivity contribution in [2.75, 3.05) is 11.9 Å². The molecule has 0 saturated heterocycles. The largest absolute Gasteiger partial charge is 0.383 e. The molecular weight excluding hydrogens is 268 g/mol. The smallest absolute Gasteiger partial charge is 0.319 e. The van der Waals surface area contributed by atoms with Gasteiger partial charge in [-0.15, -0.1) is 0 Å². The van der Waals surface area contributed by atoms with E-state index < -0.39 is 5.60 Å². The summed E-state index contributed by atoms with van der Waals surface area (Å²) in [6, 6.07) is 7.15. The summed E-state index contributed by atoms with van der Waals surface area (Å²) in [5.74, 6) is 0. The molecule has 0 aliphatic heterocycles. The number of aromatic nitrogens is 2. The van der Waals surface area contributed by atoms with Crippen LogP contribution in [0.1, 0.15) is 18.1 Å². The molecule has 112 valence electrons. The summed E-state index contributed by atoms with van der Waals surface area (Å²) >= 11 is 0. The Morgan fingerprint density at radius 1 is 1.48 bits per heavy atom. The number of urea groups is 1. The van der Waals surface area contributed by atoms with Crippen molar-refractivity contribution in [1.29, 1.82) is 0 Å². The number of hydrogen-bond donors (Lipinski definition) is 3. The van der Waals surface area contributed by atoms with Crippen LogP contribution in [0.4, 0.5) is 10.5 Å². The van der Waals surface area contributed by atoms with Crippen LogP contribution < -0.4 is 10.6 Å². The number of rotatable bonds is 4. The number of aliphatic hydroxyl groups is 1. The number of nitrogens with zero attached hydrogens (tertiary/aromatic N) is 2. The molecule has 1 unspecified atom stereocenters. The highest BCUT2D eigenvalue weighted by Gasteiger charge is 2.25. The van der Waals surface area contributed by atoms with Gasteiger partial charge in [-0.05, 0) is 31.5 Å². The van der Waals surface area contributed by atoms with E-state index in [4.69, 9.17) is 0 Å². The van der Waals surface area contributed by atoms with Gasteiger partial charge in [0.25, 0.3) is 0 Å². The van der Waals surface area contributed by atoms with Crippen LogP contribution >= 0.6 is 0 Å². The van der Waals surface area contributed by atoms with Gasteiger partial charge in [0.05, 0.1) is 12.7 Å². The molecule has 1 aromatic carbocycles. The first kappa shape index (κ1) is 15.1. The molecule has 0 saturated carbocycles. The summed E-state index contributed by atoms with van der Waals surface area (Å²) in [4.78, 5) is 11.9. The summed E-state index contributed by atoms with van der Waals surface area (Å²) in [5.41, 5.74) is 1.27. The Morgan fingerprint density at radius 3 is 2.86 bits per heavy atom. The van der Waals surface area contributed by atoms with E-state index in [0.29, 0.717) is 11.3 Å². The zero-order chi connectivity index (χ0) is 15.5. The van der Waals surface area contributed by atoms with Gasteiger partial charge < -0.3 is 15.7 Å². The lowest BCUT2D eigenvalue weighted by Gasteiger charge is -2.22. The topological polar surface area (TPSA) is 79.2 Å². The Kier molecular flexibility index (Phi) is 4.28. The first-order valence-electron chi connectivity index (χ1n) is 6.70. The molecule has 1 aromatic heterocycles. The molecule has 0 fully saturated rings. The number of hydrogen-bond acceptors (Lipinski definition) is 3. The molecule has 2 amide bonds. The maximum atomic E-state index is 11.9. The predicted molar refractivity (Wildman–Crippen MR) is 81.0 cm³/mol. The van der Waals surface area contributed by atoms with Gasteiger partial charge in [0.15, 0.2) is 0 Å². The number of amides is 2. The second kappa shape index (κ2) is 5.97. The highest BCUT2D eigenvalue weighted by molar-refractivity contribution is 5.89. The van der Waals surface area contributed by atoms with Gasteiger partial charge in [-0.3, -0.25) is 4.68 Å². The van der Waals surface area contributed by atoms with Gasteiger partial charge >= 0.3 is 6.03 Å². The standard InChI is InChI=1S/C15H20N4O2/c1-11-5-4-6-13(7-11)18-14(20)16-10-15(2,21)12-8-17-19(3)9-12/h4-9,21H,10H2,1-3H3,(H2,16,18,20). The van der Waals surface area contributed by atoms with Crippen LogP contribution in [0.5, 0.6) is 0 Å². The molecule has 3 N–H and O–H groups in total. The third kappa shape index (κ3) is 4.06. The van der Waals surface area contributed by atoms with Crippen LogP contribution in [0.3, 0.4) is 0 Å². The first-order chi connectivity index (χ1) is 9.87. The maximum Gasteiger partial charge on any atom is 0.319 e. The van der Waals surface area contributed by atoms with E-state index in [9.17, 15) is 9.90 Å². The Hall–Kier alpha value is -2.34. The maximum absolute atomic E-state index is 11.9. The quantitative estimate of drug-likeness (QED) is 0.802. The normalized spacial score (nSPS) is 13.5. The molecule has 0 spiro atoms. The monoisotopic (exact) mass is 288 g/mol. The van der Waals surface area contributed by atoms with E-state index >= 15 is 0 Å². The number of aryl methyl sites for hydroxylation is 2. The van der Waals surface area contributed by atoms with Crippen LogP contribution in [-0.4, -0.2) is 27.5 Å². The predicted octanol–water partition coefficient (Wildman–Crippen LogP) is 1.76. The highest BCUT2D eigenvalue weighted by Crippen LogP contribution is 2.18. The number of nitrogens with one attached hydrogen (secondary N) is 2. The van der Waals surface area contributed by atoms with Gasteiger partial charge in [0, 0.05) is 24.5 Å². The van der Waals surface area contributed by atoms with E-state index in [1.807, 2.05) is 31.2 Å². The Bertz CT molecular complexity index is 634. The van der Waals surface area contributed by atoms with Gasteiger partial charge in [0.2, 0.25) is 0 Å². The van der Waals surface area contributed by atoms with E-state index in [2.05, 4.69) is 15.7 Å². The number of carbonyl (C=O) groups is 1. The number of benzene rings is 1. The molecule has 1 atom stereocenters. The minimum absolute atomic E-state index is 0.0936. The molecule has 0 aliphatic carbocycles. The van der Waals surface area contributed by atoms with Crippen LogP contribution in [0.25, 0.3) is 0 Å². The van der Waals surface area contributed by atoms with Crippen molar-refractivity contribution in [1.82, 2.24) is 15.1 Å². The lowest BCUT2D eigenvalue weighted by Crippen LogP contribution is -2.40. The molecular formula is C15H20N4O2. The molecule has 6 nitrogen and oxygen atoms in total. The number of anilines is 1. The second-order valence-corrected chi connectivity index (χ2v) is 5.35. The minimum Gasteiger partial charge on any atom is -0.383 e. The van der Waals surface area contributed by atoms with E-state index in [1.165, 1.54) is 0 Å². The summed E-state index contributed by atoms with van der Waals surface area (Å²) < 4.78 is 1.61. The van der Waals surface area contributed by atoms with Gasteiger partial charge in [-0.1, -0.05) is 12.1 Å². The van der Waals surface area contributed by atoms with E-state index in [1.54, 1.807) is 31.0 Å². The zero-order valence-electron chi connectivity index (χ0n) is 12.4. The number of carbonyl (C=O) groups excluding carboxylic acids is 1. The van der Waals surface area contributed by atoms with Crippen molar-refractivity contribution in [3.63, 3.8) is 0 Å². The van der Waals surface area contributed by atoms with Crippen LogP contribution in [0, 0.1) is 6.92 Å². The minimum atomic E-state index is -1.17. The van der Waals surface area contributed by atoms with Crippen LogP contribution in [0.15, 0.2) is 36.7 Å². The zero-order valence-corrected chi connectivity index (χ0v) is 12.4. The molecule has 0 bridgehead atoms. The lowest BCUT2D eigenvalue weighted by atomic mass is 10.00. The molecule has 21 heavy (non-hydrogen) atoms. The van der Waals surface area contributed by atoms with Crippen LogP contribution in [-0.2, 0) is 12.6 Å². The summed E-state index contributed by atoms with van der Waals surface area (Å²) in [6.07, 6.45) is 3.31. The lowest BCUT2D eigenvalue weighted by molar-refractivity contribution is 0.0599. The Morgan fingerprint density at radius 2 is 2.24 bits per heavy atom. The third-order valence-corrected chi connectivity index (χ3v) is 3.20. The average Bonchev–Trinajstić information content (AvgIpc) is 2.84. The van der Waals surface area contributed by atoms with Crippen molar-refractivity contribution in [3.8, 4) is 0 Å². The summed E-state index contributed by atoms with van der Waals surface area (Å²) in [7, 11) is 1.78. The summed E-state index contributed by atoms with van der Waals surface area (Å²) in [6.45, 7) is 3.68. The fraction of sp³-hybridized carbons (Fsp3) is 0.333. The molecule has 0 radical (unpaired) electrons. The average molecular weight is 288 g/mol. The molecule has 1 heterocycles. The van der Waals surface area contributed by atoms with Gasteiger partial charge in [0.1, 0.15) is 5.60 Å². The van der Waals surface area contributed by atoms with Crippen molar-refractivity contribution < 1.29 is 9.90 Å². The van der Waals surface area contributed by atoms with Gasteiger partial charge in [-0.2, -0.15) is 5.10 Å². The third-order valence-electron chi connectivity index (χ3n) is 3.20. The second-order valence-electron chi connectivity index (χ2n) is 5.35. The molecule has 2 aromatic rings. The van der Waals surface area contributed by atoms with Crippen molar-refractivity contribution in [2.45, 2.75) is 19.4 Å². The molecule has 0 aliphatic rings. The summed E-state index contributed by atoms with van der Waals surface area (Å²) in [5, 5.41) is 19.8. The fourth-order valence-corrected chi connectivity index (χ4v) is 1.95.